The Hall–Kier alpha value is -1.50. The first kappa shape index (κ1) is 19.8. The van der Waals surface area contributed by atoms with Crippen LogP contribution in [-0.4, -0.2) is 68.0 Å². The molecule has 7 heteroatoms. The third-order valence-electron chi connectivity index (χ3n) is 3.99. The summed E-state index contributed by atoms with van der Waals surface area (Å²) in [6.45, 7) is 12.2. The molecule has 25 heavy (non-hydrogen) atoms. The third kappa shape index (κ3) is 7.94. The molecule has 2 aliphatic rings. The van der Waals surface area contributed by atoms with Gasteiger partial charge in [0.15, 0.2) is 5.96 Å². The summed E-state index contributed by atoms with van der Waals surface area (Å²) in [5, 5.41) is 6.62. The Bertz CT molecular complexity index is 452. The van der Waals surface area contributed by atoms with E-state index in [-0.39, 0.29) is 12.1 Å². The molecule has 0 aromatic carbocycles. The van der Waals surface area contributed by atoms with E-state index in [9.17, 15) is 4.79 Å². The van der Waals surface area contributed by atoms with Crippen LogP contribution in [0.15, 0.2) is 4.99 Å². The molecular weight excluding hydrogens is 320 g/mol. The average Bonchev–Trinajstić information content (AvgIpc) is 3.27. The van der Waals surface area contributed by atoms with Gasteiger partial charge in [-0.25, -0.2) is 4.79 Å². The number of amides is 1. The Kier molecular flexibility index (Phi) is 7.35. The zero-order chi connectivity index (χ0) is 18.3. The second-order valence-electron chi connectivity index (χ2n) is 7.86. The number of ether oxygens (including phenoxy) is 2. The number of carbonyl (C=O) groups is 1. The third-order valence-corrected chi connectivity index (χ3v) is 3.99. The van der Waals surface area contributed by atoms with Crippen LogP contribution in [0.25, 0.3) is 0 Å². The minimum absolute atomic E-state index is 0.219. The summed E-state index contributed by atoms with van der Waals surface area (Å²) in [6, 6.07) is 0.219. The summed E-state index contributed by atoms with van der Waals surface area (Å²) in [7, 11) is 0. The zero-order valence-corrected chi connectivity index (χ0v) is 16.1. The van der Waals surface area contributed by atoms with Gasteiger partial charge in [-0.2, -0.15) is 0 Å². The number of nitrogens with one attached hydrogen (secondary N) is 2. The van der Waals surface area contributed by atoms with E-state index in [2.05, 4.69) is 15.6 Å². The van der Waals surface area contributed by atoms with Crippen LogP contribution in [0.2, 0.25) is 0 Å². The minimum atomic E-state index is -0.451. The molecule has 1 saturated carbocycles. The molecule has 144 valence electrons. The van der Waals surface area contributed by atoms with Crippen LogP contribution in [0.5, 0.6) is 0 Å². The molecule has 2 N–H and O–H groups in total. The maximum atomic E-state index is 11.9. The summed E-state index contributed by atoms with van der Waals surface area (Å²) in [5.41, 5.74) is -0.451. The van der Waals surface area contributed by atoms with Gasteiger partial charge in [-0.1, -0.05) is 0 Å². The Morgan fingerprint density at radius 1 is 1.28 bits per heavy atom. The van der Waals surface area contributed by atoms with Crippen molar-refractivity contribution in [3.63, 3.8) is 0 Å². The number of aliphatic imine (C=N–C) groups is 1. The van der Waals surface area contributed by atoms with E-state index in [1.807, 2.05) is 27.7 Å². The molecule has 1 heterocycles. The van der Waals surface area contributed by atoms with Crippen molar-refractivity contribution in [2.24, 2.45) is 10.9 Å². The smallest absolute Gasteiger partial charge is 0.410 e. The highest BCUT2D eigenvalue weighted by Crippen LogP contribution is 2.28. The van der Waals surface area contributed by atoms with Crippen LogP contribution in [0.1, 0.15) is 47.0 Å². The number of likely N-dealkylation sites (tertiary alicyclic amines) is 1. The molecule has 2 rings (SSSR count). The van der Waals surface area contributed by atoms with Gasteiger partial charge in [-0.3, -0.25) is 4.99 Å². The lowest BCUT2D eigenvalue weighted by atomic mass is 10.1. The topological polar surface area (TPSA) is 75.2 Å². The van der Waals surface area contributed by atoms with E-state index in [0.717, 1.165) is 44.6 Å². The summed E-state index contributed by atoms with van der Waals surface area (Å²) in [6.07, 6.45) is 3.33. The van der Waals surface area contributed by atoms with Gasteiger partial charge in [-0.05, 0) is 52.9 Å². The summed E-state index contributed by atoms with van der Waals surface area (Å²) >= 11 is 0. The van der Waals surface area contributed by atoms with E-state index in [4.69, 9.17) is 9.47 Å². The van der Waals surface area contributed by atoms with E-state index >= 15 is 0 Å². The number of guanidine groups is 1. The average molecular weight is 354 g/mol. The van der Waals surface area contributed by atoms with Gasteiger partial charge in [0.1, 0.15) is 5.60 Å². The maximum Gasteiger partial charge on any atom is 0.410 e. The maximum absolute atomic E-state index is 11.9. The number of nitrogens with zero attached hydrogens (tertiary/aromatic N) is 2. The van der Waals surface area contributed by atoms with Crippen molar-refractivity contribution in [3.05, 3.63) is 0 Å². The van der Waals surface area contributed by atoms with Gasteiger partial charge in [0.25, 0.3) is 0 Å². The summed E-state index contributed by atoms with van der Waals surface area (Å²) < 4.78 is 11.0. The van der Waals surface area contributed by atoms with Crippen molar-refractivity contribution in [2.75, 3.05) is 39.4 Å². The first-order chi connectivity index (χ1) is 11.9. The zero-order valence-electron chi connectivity index (χ0n) is 16.1. The SMILES string of the molecule is CCNC(=NCCCOCC1CC1)NC1CN(C(=O)OC(C)(C)C)C1. The van der Waals surface area contributed by atoms with Gasteiger partial charge in [-0.15, -0.1) is 0 Å². The van der Waals surface area contributed by atoms with Crippen molar-refractivity contribution in [2.45, 2.75) is 58.6 Å². The molecule has 1 aliphatic heterocycles. The Labute approximate surface area is 151 Å². The van der Waals surface area contributed by atoms with E-state index in [0.29, 0.717) is 13.1 Å². The normalized spacial score (nSPS) is 18.7. The Morgan fingerprint density at radius 3 is 2.60 bits per heavy atom. The molecule has 0 atom stereocenters. The number of hydrogen-bond acceptors (Lipinski definition) is 4. The number of hydrogen-bond donors (Lipinski definition) is 2. The standard InChI is InChI=1S/C18H34N4O3/c1-5-19-16(20-9-6-10-24-13-14-7-8-14)21-15-11-22(12-15)17(23)25-18(2,3)4/h14-15H,5-13H2,1-4H3,(H2,19,20,21). The number of rotatable bonds is 8. The minimum Gasteiger partial charge on any atom is -0.444 e. The predicted molar refractivity (Wildman–Crippen MR) is 98.9 cm³/mol. The second-order valence-corrected chi connectivity index (χ2v) is 7.86. The molecule has 1 aliphatic carbocycles. The highest BCUT2D eigenvalue weighted by atomic mass is 16.6. The van der Waals surface area contributed by atoms with E-state index in [1.165, 1.54) is 12.8 Å². The van der Waals surface area contributed by atoms with Gasteiger partial charge in [0, 0.05) is 39.4 Å². The first-order valence-corrected chi connectivity index (χ1v) is 9.48. The lowest BCUT2D eigenvalue weighted by Gasteiger charge is -2.40. The van der Waals surface area contributed by atoms with Crippen LogP contribution in [-0.2, 0) is 9.47 Å². The molecule has 1 saturated heterocycles. The van der Waals surface area contributed by atoms with Crippen molar-refractivity contribution >= 4 is 12.1 Å². The lowest BCUT2D eigenvalue weighted by Crippen LogP contribution is -2.63. The Morgan fingerprint density at radius 2 is 2.00 bits per heavy atom. The largest absolute Gasteiger partial charge is 0.444 e. The molecule has 0 bridgehead atoms. The van der Waals surface area contributed by atoms with Crippen LogP contribution >= 0.6 is 0 Å². The summed E-state index contributed by atoms with van der Waals surface area (Å²) in [4.78, 5) is 18.2. The molecule has 7 nitrogen and oxygen atoms in total. The van der Waals surface area contributed by atoms with Crippen LogP contribution in [0, 0.1) is 5.92 Å². The highest BCUT2D eigenvalue weighted by molar-refractivity contribution is 5.80. The monoisotopic (exact) mass is 354 g/mol. The van der Waals surface area contributed by atoms with Gasteiger partial charge in [0.2, 0.25) is 0 Å². The fourth-order valence-electron chi connectivity index (χ4n) is 2.45. The fourth-order valence-corrected chi connectivity index (χ4v) is 2.45. The Balaban J connectivity index is 1.62. The van der Waals surface area contributed by atoms with Crippen molar-refractivity contribution in [3.8, 4) is 0 Å². The molecule has 0 radical (unpaired) electrons. The van der Waals surface area contributed by atoms with E-state index < -0.39 is 5.60 Å². The molecule has 0 unspecified atom stereocenters. The van der Waals surface area contributed by atoms with Gasteiger partial charge < -0.3 is 25.0 Å². The van der Waals surface area contributed by atoms with Crippen LogP contribution in [0.3, 0.4) is 0 Å². The molecule has 1 amide bonds. The quantitative estimate of drug-likeness (QED) is 0.396. The van der Waals surface area contributed by atoms with Gasteiger partial charge in [0.05, 0.1) is 6.04 Å². The molecule has 2 fully saturated rings. The fraction of sp³-hybridized carbons (Fsp3) is 0.889. The van der Waals surface area contributed by atoms with Crippen molar-refractivity contribution in [1.82, 2.24) is 15.5 Å². The van der Waals surface area contributed by atoms with Crippen molar-refractivity contribution < 1.29 is 14.3 Å². The predicted octanol–water partition coefficient (Wildman–Crippen LogP) is 1.98. The van der Waals surface area contributed by atoms with Crippen LogP contribution in [0.4, 0.5) is 4.79 Å². The van der Waals surface area contributed by atoms with E-state index in [1.54, 1.807) is 4.90 Å². The molecule has 0 aromatic rings. The highest BCUT2D eigenvalue weighted by Gasteiger charge is 2.34. The number of carbonyl (C=O) groups excluding carboxylic acids is 1. The second kappa shape index (κ2) is 9.27. The molecule has 0 aromatic heterocycles. The molecular formula is C18H34N4O3. The molecule has 0 spiro atoms. The first-order valence-electron chi connectivity index (χ1n) is 9.48. The lowest BCUT2D eigenvalue weighted by molar-refractivity contribution is 0.00700. The van der Waals surface area contributed by atoms with Gasteiger partial charge >= 0.3 is 6.09 Å². The summed E-state index contributed by atoms with van der Waals surface area (Å²) in [5.74, 6) is 1.62. The van der Waals surface area contributed by atoms with Crippen molar-refractivity contribution in [1.29, 1.82) is 0 Å². The van der Waals surface area contributed by atoms with Crippen LogP contribution < -0.4 is 10.6 Å².